The fraction of sp³-hybridized carbons (Fsp3) is 0.708. The molecule has 1 aliphatic carbocycles. The Hall–Kier alpha value is -1.91. The quantitative estimate of drug-likeness (QED) is 0.205. The number of carbonyl (C=O) groups excluding carboxylic acids is 3. The highest BCUT2D eigenvalue weighted by Gasteiger charge is 2.26. The highest BCUT2D eigenvalue weighted by molar-refractivity contribution is 5.75. The normalized spacial score (nSPS) is 18.6. The van der Waals surface area contributed by atoms with E-state index in [2.05, 4.69) is 13.0 Å². The molecule has 0 amide bonds. The first-order valence-electron chi connectivity index (χ1n) is 11.1. The summed E-state index contributed by atoms with van der Waals surface area (Å²) >= 11 is 0. The van der Waals surface area contributed by atoms with E-state index in [0.29, 0.717) is 26.1 Å². The van der Waals surface area contributed by atoms with Crippen LogP contribution in [-0.4, -0.2) is 31.4 Å². The van der Waals surface area contributed by atoms with Crippen molar-refractivity contribution in [3.63, 3.8) is 0 Å². The van der Waals surface area contributed by atoms with Crippen LogP contribution in [0.25, 0.3) is 0 Å². The van der Waals surface area contributed by atoms with Crippen molar-refractivity contribution in [3.05, 3.63) is 23.3 Å². The van der Waals surface area contributed by atoms with Crippen molar-refractivity contribution in [2.24, 2.45) is 5.41 Å². The molecule has 1 rings (SSSR count). The second-order valence-corrected chi connectivity index (χ2v) is 8.12. The molecule has 0 aliphatic heterocycles. The number of hydrogen-bond acceptors (Lipinski definition) is 5. The van der Waals surface area contributed by atoms with Gasteiger partial charge in [-0.3, -0.25) is 14.4 Å². The van der Waals surface area contributed by atoms with Crippen LogP contribution in [-0.2, 0) is 23.9 Å². The molecule has 0 fully saturated rings. The molecule has 1 atom stereocenters. The van der Waals surface area contributed by atoms with Crippen LogP contribution in [0.5, 0.6) is 0 Å². The summed E-state index contributed by atoms with van der Waals surface area (Å²) < 4.78 is 9.91. The molecule has 5 heteroatoms. The van der Waals surface area contributed by atoms with Crippen molar-refractivity contribution in [3.8, 4) is 0 Å². The van der Waals surface area contributed by atoms with E-state index in [1.807, 2.05) is 19.9 Å². The zero-order chi connectivity index (χ0) is 21.5. The molecule has 0 spiro atoms. The summed E-state index contributed by atoms with van der Waals surface area (Å²) in [5.74, 6) is -0.240. The van der Waals surface area contributed by atoms with Gasteiger partial charge in [-0.1, -0.05) is 43.9 Å². The van der Waals surface area contributed by atoms with Gasteiger partial charge < -0.3 is 9.47 Å². The average Bonchev–Trinajstić information content (AvgIpc) is 2.67. The Bertz CT molecular complexity index is 590. The predicted octanol–water partition coefficient (Wildman–Crippen LogP) is 5.48. The summed E-state index contributed by atoms with van der Waals surface area (Å²) in [6, 6.07) is 0. The second kappa shape index (κ2) is 14.1. The smallest absolute Gasteiger partial charge is 0.305 e. The molecule has 0 aromatic carbocycles. The third kappa shape index (κ3) is 11.0. The van der Waals surface area contributed by atoms with Gasteiger partial charge in [0.05, 0.1) is 13.2 Å². The van der Waals surface area contributed by atoms with Crippen molar-refractivity contribution in [1.29, 1.82) is 0 Å². The number of unbranched alkanes of at least 4 members (excludes halogenated alkanes) is 4. The number of aldehydes is 1. The van der Waals surface area contributed by atoms with Gasteiger partial charge in [0, 0.05) is 12.8 Å². The van der Waals surface area contributed by atoms with Gasteiger partial charge in [-0.15, -0.1) is 0 Å². The molecular formula is C24H38O5. The SMILES string of the molecule is CCOC(=O)CCCCCC1=CC(C)(CCCCCC(=O)OCC)CC(C=O)=C1. The van der Waals surface area contributed by atoms with Gasteiger partial charge in [0.1, 0.15) is 6.29 Å². The van der Waals surface area contributed by atoms with Crippen LogP contribution in [0.3, 0.4) is 0 Å². The van der Waals surface area contributed by atoms with Crippen molar-refractivity contribution in [2.45, 2.75) is 91.4 Å². The summed E-state index contributed by atoms with van der Waals surface area (Å²) in [5.41, 5.74) is 2.08. The summed E-state index contributed by atoms with van der Waals surface area (Å²) in [6.07, 6.45) is 14.7. The standard InChI is InChI=1S/C24H38O5/c1-4-28-22(26)13-9-6-8-12-20-16-21(19-25)18-24(3,17-20)15-11-7-10-14-23(27)29-5-2/h16-17,19H,4-15,18H2,1-3H3. The molecule has 0 saturated heterocycles. The lowest BCUT2D eigenvalue weighted by atomic mass is 9.74. The monoisotopic (exact) mass is 406 g/mol. The van der Waals surface area contributed by atoms with E-state index in [9.17, 15) is 14.4 Å². The zero-order valence-corrected chi connectivity index (χ0v) is 18.5. The molecule has 0 aromatic heterocycles. The Morgan fingerprint density at radius 2 is 1.55 bits per heavy atom. The second-order valence-electron chi connectivity index (χ2n) is 8.12. The first kappa shape index (κ1) is 25.1. The lowest BCUT2D eigenvalue weighted by molar-refractivity contribution is -0.144. The van der Waals surface area contributed by atoms with Gasteiger partial charge in [-0.2, -0.15) is 0 Å². The maximum Gasteiger partial charge on any atom is 0.305 e. The molecule has 0 N–H and O–H groups in total. The highest BCUT2D eigenvalue weighted by atomic mass is 16.5. The van der Waals surface area contributed by atoms with Gasteiger partial charge in [-0.25, -0.2) is 0 Å². The largest absolute Gasteiger partial charge is 0.466 e. The van der Waals surface area contributed by atoms with E-state index in [-0.39, 0.29) is 17.4 Å². The molecule has 0 bridgehead atoms. The fourth-order valence-corrected chi connectivity index (χ4v) is 3.89. The minimum atomic E-state index is -0.122. The van der Waals surface area contributed by atoms with E-state index in [4.69, 9.17) is 9.47 Å². The minimum absolute atomic E-state index is 0.00478. The fourth-order valence-electron chi connectivity index (χ4n) is 3.89. The van der Waals surface area contributed by atoms with Crippen molar-refractivity contribution < 1.29 is 23.9 Å². The maximum atomic E-state index is 11.4. The van der Waals surface area contributed by atoms with Crippen LogP contribution < -0.4 is 0 Å². The number of allylic oxidation sites excluding steroid dienone is 4. The number of carbonyl (C=O) groups is 3. The molecule has 0 saturated carbocycles. The van der Waals surface area contributed by atoms with Gasteiger partial charge in [0.15, 0.2) is 0 Å². The Kier molecular flexibility index (Phi) is 12.2. The van der Waals surface area contributed by atoms with Crippen LogP contribution in [0.15, 0.2) is 23.3 Å². The molecule has 0 aromatic rings. The van der Waals surface area contributed by atoms with Crippen LogP contribution in [0, 0.1) is 5.41 Å². The summed E-state index contributed by atoms with van der Waals surface area (Å²) in [7, 11) is 0. The minimum Gasteiger partial charge on any atom is -0.466 e. The Labute approximate surface area is 175 Å². The predicted molar refractivity (Wildman–Crippen MR) is 114 cm³/mol. The summed E-state index contributed by atoms with van der Waals surface area (Å²) in [5, 5.41) is 0. The number of hydrogen-bond donors (Lipinski definition) is 0. The van der Waals surface area contributed by atoms with Gasteiger partial charge in [0.2, 0.25) is 0 Å². The van der Waals surface area contributed by atoms with E-state index < -0.39 is 0 Å². The highest BCUT2D eigenvalue weighted by Crippen LogP contribution is 2.39. The molecule has 164 valence electrons. The Morgan fingerprint density at radius 3 is 2.10 bits per heavy atom. The average molecular weight is 407 g/mol. The van der Waals surface area contributed by atoms with E-state index >= 15 is 0 Å². The first-order valence-corrected chi connectivity index (χ1v) is 11.1. The lowest BCUT2D eigenvalue weighted by Crippen LogP contribution is -2.19. The van der Waals surface area contributed by atoms with Gasteiger partial charge in [-0.05, 0) is 63.4 Å². The number of esters is 2. The van der Waals surface area contributed by atoms with E-state index in [1.54, 1.807) is 0 Å². The van der Waals surface area contributed by atoms with Crippen LogP contribution >= 0.6 is 0 Å². The Balaban J connectivity index is 2.40. The van der Waals surface area contributed by atoms with Crippen LogP contribution in [0.2, 0.25) is 0 Å². The molecule has 5 nitrogen and oxygen atoms in total. The van der Waals surface area contributed by atoms with Gasteiger partial charge >= 0.3 is 11.9 Å². The molecule has 1 unspecified atom stereocenters. The summed E-state index contributed by atoms with van der Waals surface area (Å²) in [6.45, 7) is 6.74. The summed E-state index contributed by atoms with van der Waals surface area (Å²) in [4.78, 5) is 34.2. The van der Waals surface area contributed by atoms with Crippen molar-refractivity contribution >= 4 is 18.2 Å². The van der Waals surface area contributed by atoms with Crippen molar-refractivity contribution in [1.82, 2.24) is 0 Å². The number of ether oxygens (including phenoxy) is 2. The Morgan fingerprint density at radius 1 is 0.966 bits per heavy atom. The third-order valence-electron chi connectivity index (χ3n) is 5.25. The topological polar surface area (TPSA) is 69.7 Å². The molecule has 0 heterocycles. The van der Waals surface area contributed by atoms with Gasteiger partial charge in [0.25, 0.3) is 0 Å². The molecule has 29 heavy (non-hydrogen) atoms. The molecule has 1 aliphatic rings. The lowest BCUT2D eigenvalue weighted by Gasteiger charge is -2.31. The zero-order valence-electron chi connectivity index (χ0n) is 18.5. The number of rotatable bonds is 15. The van der Waals surface area contributed by atoms with E-state index in [1.165, 1.54) is 5.57 Å². The first-order chi connectivity index (χ1) is 13.9. The maximum absolute atomic E-state index is 11.4. The molecular weight excluding hydrogens is 368 g/mol. The third-order valence-corrected chi connectivity index (χ3v) is 5.25. The van der Waals surface area contributed by atoms with E-state index in [0.717, 1.165) is 69.6 Å². The van der Waals surface area contributed by atoms with Crippen LogP contribution in [0.1, 0.15) is 91.4 Å². The molecule has 0 radical (unpaired) electrons. The van der Waals surface area contributed by atoms with Crippen molar-refractivity contribution in [2.75, 3.05) is 13.2 Å². The van der Waals surface area contributed by atoms with Crippen LogP contribution in [0.4, 0.5) is 0 Å².